The van der Waals surface area contributed by atoms with Crippen molar-refractivity contribution in [2.45, 2.75) is 5.03 Å². The number of ether oxygens (including phenoxy) is 2. The Labute approximate surface area is 185 Å². The molecular formula is C23H22N4O3S. The number of fused-ring (bicyclic) bond motifs is 1. The lowest BCUT2D eigenvalue weighted by Gasteiger charge is -2.30. The molecule has 8 heteroatoms. The number of hydrogen-bond acceptors (Lipinski definition) is 7. The first-order valence-corrected chi connectivity index (χ1v) is 10.9. The third kappa shape index (κ3) is 4.90. The standard InChI is InChI=1S/C23H22N4O3S/c1-29-18-6-7-19-16(13-18)12-17(14-24)23(26-19)31-15-22(28)25-20-4-2-3-5-21(20)27-8-10-30-11-9-27/h2-7,12-13H,8-11,15H2,1H3,(H,25,28). The summed E-state index contributed by atoms with van der Waals surface area (Å²) in [5, 5.41) is 13.9. The van der Waals surface area contributed by atoms with Crippen LogP contribution in [0.5, 0.6) is 5.75 Å². The van der Waals surface area contributed by atoms with E-state index < -0.39 is 0 Å². The Kier molecular flexibility index (Phi) is 6.55. The second kappa shape index (κ2) is 9.69. The van der Waals surface area contributed by atoms with Gasteiger partial charge in [-0.2, -0.15) is 5.26 Å². The van der Waals surface area contributed by atoms with E-state index in [1.54, 1.807) is 13.2 Å². The van der Waals surface area contributed by atoms with Crippen LogP contribution < -0.4 is 15.0 Å². The smallest absolute Gasteiger partial charge is 0.234 e. The SMILES string of the molecule is COc1ccc2nc(SCC(=O)Nc3ccccc3N3CCOCC3)c(C#N)cc2c1. The third-order valence-electron chi connectivity index (χ3n) is 4.98. The molecule has 0 spiro atoms. The number of aromatic nitrogens is 1. The molecule has 2 heterocycles. The van der Waals surface area contributed by atoms with E-state index in [4.69, 9.17) is 9.47 Å². The molecule has 1 aromatic heterocycles. The van der Waals surface area contributed by atoms with E-state index in [0.717, 1.165) is 35.4 Å². The Bertz CT molecular complexity index is 1140. The van der Waals surface area contributed by atoms with Gasteiger partial charge in [0.25, 0.3) is 0 Å². The summed E-state index contributed by atoms with van der Waals surface area (Å²) in [6.45, 7) is 2.93. The molecule has 1 amide bonds. The van der Waals surface area contributed by atoms with Crippen molar-refractivity contribution in [3.8, 4) is 11.8 Å². The summed E-state index contributed by atoms with van der Waals surface area (Å²) >= 11 is 1.25. The van der Waals surface area contributed by atoms with Crippen molar-refractivity contribution in [1.29, 1.82) is 5.26 Å². The molecule has 7 nitrogen and oxygen atoms in total. The van der Waals surface area contributed by atoms with Crippen LogP contribution in [0.1, 0.15) is 5.56 Å². The van der Waals surface area contributed by atoms with Crippen LogP contribution in [0.4, 0.5) is 11.4 Å². The van der Waals surface area contributed by atoms with E-state index in [-0.39, 0.29) is 11.7 Å². The maximum Gasteiger partial charge on any atom is 0.234 e. The second-order valence-electron chi connectivity index (χ2n) is 6.96. The van der Waals surface area contributed by atoms with Gasteiger partial charge >= 0.3 is 0 Å². The maximum atomic E-state index is 12.7. The summed E-state index contributed by atoms with van der Waals surface area (Å²) in [6.07, 6.45) is 0. The number of carbonyl (C=O) groups is 1. The first-order chi connectivity index (χ1) is 15.2. The van der Waals surface area contributed by atoms with Crippen LogP contribution >= 0.6 is 11.8 Å². The highest BCUT2D eigenvalue weighted by Crippen LogP contribution is 2.29. The zero-order chi connectivity index (χ0) is 21.6. The number of nitriles is 1. The van der Waals surface area contributed by atoms with E-state index in [1.165, 1.54) is 11.8 Å². The van der Waals surface area contributed by atoms with Crippen molar-refractivity contribution in [3.05, 3.63) is 54.1 Å². The van der Waals surface area contributed by atoms with Crippen molar-refractivity contribution in [2.24, 2.45) is 0 Å². The normalized spacial score (nSPS) is 13.6. The molecule has 0 aliphatic carbocycles. The fraction of sp³-hybridized carbons (Fsp3) is 0.261. The summed E-state index contributed by atoms with van der Waals surface area (Å²) < 4.78 is 10.7. The molecule has 2 aromatic carbocycles. The van der Waals surface area contributed by atoms with Crippen LogP contribution in [0.15, 0.2) is 53.6 Å². The highest BCUT2D eigenvalue weighted by molar-refractivity contribution is 8.00. The van der Waals surface area contributed by atoms with E-state index in [0.29, 0.717) is 29.6 Å². The molecule has 4 rings (SSSR count). The highest BCUT2D eigenvalue weighted by Gasteiger charge is 2.16. The molecule has 0 unspecified atom stereocenters. The Morgan fingerprint density at radius 2 is 2.06 bits per heavy atom. The maximum absolute atomic E-state index is 12.7. The molecule has 1 saturated heterocycles. The van der Waals surface area contributed by atoms with E-state index in [1.807, 2.05) is 42.5 Å². The van der Waals surface area contributed by atoms with Crippen LogP contribution in [-0.4, -0.2) is 50.1 Å². The zero-order valence-corrected chi connectivity index (χ0v) is 17.9. The van der Waals surface area contributed by atoms with Crippen LogP contribution in [0.25, 0.3) is 10.9 Å². The average molecular weight is 435 g/mol. The highest BCUT2D eigenvalue weighted by atomic mass is 32.2. The number of nitrogens with zero attached hydrogens (tertiary/aromatic N) is 3. The Morgan fingerprint density at radius 1 is 1.26 bits per heavy atom. The number of carbonyl (C=O) groups excluding carboxylic acids is 1. The van der Waals surface area contributed by atoms with Crippen molar-refractivity contribution in [1.82, 2.24) is 4.98 Å². The van der Waals surface area contributed by atoms with Gasteiger partial charge < -0.3 is 19.7 Å². The number of para-hydroxylation sites is 2. The molecule has 1 N–H and O–H groups in total. The molecule has 1 aliphatic heterocycles. The quantitative estimate of drug-likeness (QED) is 0.592. The number of thioether (sulfide) groups is 1. The van der Waals surface area contributed by atoms with Gasteiger partial charge in [0, 0.05) is 18.5 Å². The van der Waals surface area contributed by atoms with Gasteiger partial charge in [0.05, 0.1) is 48.5 Å². The molecule has 158 valence electrons. The molecule has 0 bridgehead atoms. The number of rotatable bonds is 6. The van der Waals surface area contributed by atoms with E-state index in [9.17, 15) is 10.1 Å². The van der Waals surface area contributed by atoms with Crippen LogP contribution in [0.3, 0.4) is 0 Å². The summed E-state index contributed by atoms with van der Waals surface area (Å²) in [7, 11) is 1.60. The average Bonchev–Trinajstić information content (AvgIpc) is 2.82. The van der Waals surface area contributed by atoms with Crippen LogP contribution in [0.2, 0.25) is 0 Å². The fourth-order valence-electron chi connectivity index (χ4n) is 3.43. The molecule has 1 aliphatic rings. The van der Waals surface area contributed by atoms with Crippen molar-refractivity contribution in [2.75, 3.05) is 49.4 Å². The number of nitrogens with one attached hydrogen (secondary N) is 1. The number of hydrogen-bond donors (Lipinski definition) is 1. The number of pyridine rings is 1. The second-order valence-corrected chi connectivity index (χ2v) is 7.93. The van der Waals surface area contributed by atoms with Gasteiger partial charge in [-0.15, -0.1) is 0 Å². The largest absolute Gasteiger partial charge is 0.497 e. The zero-order valence-electron chi connectivity index (χ0n) is 17.1. The molecule has 0 atom stereocenters. The molecule has 3 aromatic rings. The number of morpholine rings is 1. The Hall–Kier alpha value is -3.28. The number of anilines is 2. The van der Waals surface area contributed by atoms with Crippen molar-refractivity contribution in [3.63, 3.8) is 0 Å². The summed E-state index contributed by atoms with van der Waals surface area (Å²) in [4.78, 5) is 19.4. The Morgan fingerprint density at radius 3 is 2.84 bits per heavy atom. The van der Waals surface area contributed by atoms with Gasteiger partial charge in [0.15, 0.2) is 0 Å². The molecule has 0 radical (unpaired) electrons. The fourth-order valence-corrected chi connectivity index (χ4v) is 4.20. The van der Waals surface area contributed by atoms with E-state index in [2.05, 4.69) is 21.3 Å². The minimum absolute atomic E-state index is 0.147. The molecule has 1 fully saturated rings. The number of amides is 1. The minimum Gasteiger partial charge on any atom is -0.497 e. The van der Waals surface area contributed by atoms with Crippen molar-refractivity contribution < 1.29 is 14.3 Å². The lowest BCUT2D eigenvalue weighted by molar-refractivity contribution is -0.113. The lowest BCUT2D eigenvalue weighted by Crippen LogP contribution is -2.36. The number of benzene rings is 2. The number of methoxy groups -OCH3 is 1. The molecular weight excluding hydrogens is 412 g/mol. The van der Waals surface area contributed by atoms with Gasteiger partial charge in [-0.1, -0.05) is 23.9 Å². The predicted molar refractivity (Wildman–Crippen MR) is 122 cm³/mol. The van der Waals surface area contributed by atoms with Gasteiger partial charge in [0.1, 0.15) is 16.8 Å². The monoisotopic (exact) mass is 434 g/mol. The van der Waals surface area contributed by atoms with Gasteiger partial charge in [-0.3, -0.25) is 4.79 Å². The summed E-state index contributed by atoms with van der Waals surface area (Å²) in [5.74, 6) is 0.712. The summed E-state index contributed by atoms with van der Waals surface area (Å²) in [5.41, 5.74) is 2.95. The van der Waals surface area contributed by atoms with E-state index >= 15 is 0 Å². The lowest BCUT2D eigenvalue weighted by atomic mass is 10.1. The van der Waals surface area contributed by atoms with Crippen LogP contribution in [-0.2, 0) is 9.53 Å². The minimum atomic E-state index is -0.147. The molecule has 31 heavy (non-hydrogen) atoms. The first kappa shape index (κ1) is 21.0. The van der Waals surface area contributed by atoms with Crippen molar-refractivity contribution >= 4 is 39.9 Å². The summed E-state index contributed by atoms with van der Waals surface area (Å²) in [6, 6.07) is 17.2. The van der Waals surface area contributed by atoms with Gasteiger partial charge in [0.2, 0.25) is 5.91 Å². The topological polar surface area (TPSA) is 87.5 Å². The first-order valence-electron chi connectivity index (χ1n) is 9.91. The van der Waals surface area contributed by atoms with Gasteiger partial charge in [-0.25, -0.2) is 4.98 Å². The third-order valence-corrected chi connectivity index (χ3v) is 5.97. The molecule has 0 saturated carbocycles. The predicted octanol–water partition coefficient (Wildman–Crippen LogP) is 3.68. The van der Waals surface area contributed by atoms with Crippen LogP contribution in [0, 0.1) is 11.3 Å². The Balaban J connectivity index is 1.47. The van der Waals surface area contributed by atoms with Gasteiger partial charge in [-0.05, 0) is 36.4 Å².